The zero-order chi connectivity index (χ0) is 26.6. The van der Waals surface area contributed by atoms with Crippen LogP contribution in [0, 0.1) is 5.92 Å². The van der Waals surface area contributed by atoms with Crippen molar-refractivity contribution >= 4 is 33.5 Å². The first-order chi connectivity index (χ1) is 17.8. The zero-order valence-electron chi connectivity index (χ0n) is 21.1. The van der Waals surface area contributed by atoms with E-state index in [0.29, 0.717) is 56.2 Å². The number of carbonyl (C=O) groups excluding carboxylic acids is 1. The average Bonchev–Trinajstić information content (AvgIpc) is 3.02. The van der Waals surface area contributed by atoms with E-state index in [1.54, 1.807) is 23.1 Å². The summed E-state index contributed by atoms with van der Waals surface area (Å²) in [6, 6.07) is 12.5. The van der Waals surface area contributed by atoms with Gasteiger partial charge in [0, 0.05) is 50.3 Å². The Kier molecular flexibility index (Phi) is 8.43. The van der Waals surface area contributed by atoms with E-state index in [2.05, 4.69) is 4.99 Å². The van der Waals surface area contributed by atoms with Crippen LogP contribution in [0.25, 0.3) is 17.2 Å². The Morgan fingerprint density at radius 2 is 1.92 bits per heavy atom. The molecule has 4 rings (SSSR count). The number of nitrogens with two attached hydrogens (primary N) is 2. The summed E-state index contributed by atoms with van der Waals surface area (Å²) in [5.74, 6) is 0.434. The van der Waals surface area contributed by atoms with Crippen LogP contribution in [0.5, 0.6) is 0 Å². The number of hydrogen-bond donors (Lipinski definition) is 3. The highest BCUT2D eigenvalue weighted by atomic mass is 32.2. The van der Waals surface area contributed by atoms with Crippen LogP contribution in [-0.2, 0) is 14.8 Å². The van der Waals surface area contributed by atoms with Crippen molar-refractivity contribution in [3.63, 3.8) is 0 Å². The fraction of sp³-hybridized carbons (Fsp3) is 0.407. The van der Waals surface area contributed by atoms with Crippen LogP contribution in [0.2, 0.25) is 0 Å². The number of carbonyl (C=O) groups is 1. The molecule has 0 aliphatic carbocycles. The molecule has 10 heteroatoms. The molecule has 1 amide bonds. The summed E-state index contributed by atoms with van der Waals surface area (Å²) in [4.78, 5) is 19.8. The second kappa shape index (κ2) is 11.6. The SMILES string of the molecule is CCCN(CCCO)C(=O)C1=Cc2ccc(-c3cccc(S(=O)(=O)N4CC(CN)C4)c3)cc2N=C(N)C1. The van der Waals surface area contributed by atoms with Gasteiger partial charge in [-0.25, -0.2) is 13.4 Å². The van der Waals surface area contributed by atoms with Crippen molar-refractivity contribution in [2.24, 2.45) is 22.4 Å². The van der Waals surface area contributed by atoms with E-state index in [0.717, 1.165) is 23.1 Å². The Bertz CT molecular complexity index is 1320. The van der Waals surface area contributed by atoms with E-state index in [1.165, 1.54) is 4.31 Å². The van der Waals surface area contributed by atoms with Crippen LogP contribution in [0.4, 0.5) is 5.69 Å². The summed E-state index contributed by atoms with van der Waals surface area (Å²) in [5.41, 5.74) is 15.3. The van der Waals surface area contributed by atoms with Gasteiger partial charge in [-0.05, 0) is 60.7 Å². The molecule has 0 radical (unpaired) electrons. The molecule has 2 aromatic carbocycles. The fourth-order valence-corrected chi connectivity index (χ4v) is 6.25. The first-order valence-corrected chi connectivity index (χ1v) is 14.1. The topological polar surface area (TPSA) is 142 Å². The van der Waals surface area contributed by atoms with Crippen LogP contribution in [0.15, 0.2) is 57.9 Å². The molecule has 37 heavy (non-hydrogen) atoms. The molecule has 0 atom stereocenters. The third-order valence-corrected chi connectivity index (χ3v) is 8.53. The highest BCUT2D eigenvalue weighted by Gasteiger charge is 2.36. The fourth-order valence-electron chi connectivity index (χ4n) is 4.61. The van der Waals surface area contributed by atoms with Gasteiger partial charge in [0.15, 0.2) is 0 Å². The molecule has 2 aliphatic rings. The molecule has 9 nitrogen and oxygen atoms in total. The van der Waals surface area contributed by atoms with Gasteiger partial charge < -0.3 is 21.5 Å². The van der Waals surface area contributed by atoms with E-state index >= 15 is 0 Å². The van der Waals surface area contributed by atoms with Crippen molar-refractivity contribution in [1.82, 2.24) is 9.21 Å². The lowest BCUT2D eigenvalue weighted by Crippen LogP contribution is -2.52. The molecule has 1 fully saturated rings. The minimum Gasteiger partial charge on any atom is -0.396 e. The Hall–Kier alpha value is -3.05. The third kappa shape index (κ3) is 5.93. The Morgan fingerprint density at radius 1 is 1.16 bits per heavy atom. The van der Waals surface area contributed by atoms with Crippen molar-refractivity contribution < 1.29 is 18.3 Å². The Balaban J connectivity index is 1.62. The normalized spacial score (nSPS) is 16.3. The maximum atomic E-state index is 13.2. The third-order valence-electron chi connectivity index (χ3n) is 6.70. The molecular weight excluding hydrogens is 490 g/mol. The first kappa shape index (κ1) is 27.0. The summed E-state index contributed by atoms with van der Waals surface area (Å²) in [7, 11) is -3.58. The maximum Gasteiger partial charge on any atom is 0.250 e. The lowest BCUT2D eigenvalue weighted by atomic mass is 10.0. The van der Waals surface area contributed by atoms with Crippen LogP contribution in [-0.4, -0.2) is 73.8 Å². The molecule has 198 valence electrons. The number of benzene rings is 2. The number of fused-ring (bicyclic) bond motifs is 1. The number of nitrogens with zero attached hydrogens (tertiary/aromatic N) is 3. The molecule has 1 saturated heterocycles. The second-order valence-corrected chi connectivity index (χ2v) is 11.5. The van der Waals surface area contributed by atoms with Gasteiger partial charge in [0.1, 0.15) is 5.84 Å². The molecule has 2 heterocycles. The summed E-state index contributed by atoms with van der Waals surface area (Å²) in [5, 5.41) is 9.21. The molecule has 5 N–H and O–H groups in total. The quantitative estimate of drug-likeness (QED) is 0.435. The van der Waals surface area contributed by atoms with Crippen LogP contribution in [0.1, 0.15) is 31.7 Å². The molecule has 0 aromatic heterocycles. The number of rotatable bonds is 10. The lowest BCUT2D eigenvalue weighted by molar-refractivity contribution is -0.127. The van der Waals surface area contributed by atoms with Gasteiger partial charge in [-0.2, -0.15) is 4.31 Å². The van der Waals surface area contributed by atoms with Crippen molar-refractivity contribution in [2.45, 2.75) is 31.1 Å². The minimum absolute atomic E-state index is 0.0243. The number of hydrogen-bond acceptors (Lipinski definition) is 7. The number of amidine groups is 1. The van der Waals surface area contributed by atoms with Crippen LogP contribution in [0.3, 0.4) is 0 Å². The number of amides is 1. The van der Waals surface area contributed by atoms with Crippen molar-refractivity contribution in [3.05, 3.63) is 53.6 Å². The highest BCUT2D eigenvalue weighted by Crippen LogP contribution is 2.33. The smallest absolute Gasteiger partial charge is 0.250 e. The van der Waals surface area contributed by atoms with Crippen LogP contribution < -0.4 is 11.5 Å². The number of aliphatic imine (C=N–C) groups is 1. The van der Waals surface area contributed by atoms with Gasteiger partial charge in [-0.15, -0.1) is 0 Å². The van der Waals surface area contributed by atoms with Crippen molar-refractivity contribution in [2.75, 3.05) is 39.3 Å². The van der Waals surface area contributed by atoms with Crippen LogP contribution >= 0.6 is 0 Å². The monoisotopic (exact) mass is 525 g/mol. The molecule has 0 saturated carbocycles. The van der Waals surface area contributed by atoms with Gasteiger partial charge in [0.2, 0.25) is 15.9 Å². The molecular formula is C27H35N5O4S. The van der Waals surface area contributed by atoms with Gasteiger partial charge in [0.25, 0.3) is 0 Å². The summed E-state index contributed by atoms with van der Waals surface area (Å²) < 4.78 is 27.5. The molecule has 0 unspecified atom stereocenters. The van der Waals surface area contributed by atoms with Gasteiger partial charge in [-0.1, -0.05) is 31.2 Å². The van der Waals surface area contributed by atoms with E-state index in [4.69, 9.17) is 11.5 Å². The van der Waals surface area contributed by atoms with Crippen molar-refractivity contribution in [1.29, 1.82) is 0 Å². The minimum atomic E-state index is -3.58. The van der Waals surface area contributed by atoms with E-state index in [-0.39, 0.29) is 29.7 Å². The molecule has 2 aromatic rings. The zero-order valence-corrected chi connectivity index (χ0v) is 22.0. The first-order valence-electron chi connectivity index (χ1n) is 12.6. The van der Waals surface area contributed by atoms with Crippen molar-refractivity contribution in [3.8, 4) is 11.1 Å². The largest absolute Gasteiger partial charge is 0.396 e. The molecule has 0 bridgehead atoms. The van der Waals surface area contributed by atoms with E-state index < -0.39 is 10.0 Å². The van der Waals surface area contributed by atoms with Gasteiger partial charge >= 0.3 is 0 Å². The lowest BCUT2D eigenvalue weighted by Gasteiger charge is -2.37. The number of sulfonamides is 1. The predicted molar refractivity (Wildman–Crippen MR) is 146 cm³/mol. The molecule has 2 aliphatic heterocycles. The summed E-state index contributed by atoms with van der Waals surface area (Å²) in [6.45, 7) is 4.48. The highest BCUT2D eigenvalue weighted by molar-refractivity contribution is 7.89. The number of aliphatic hydroxyl groups excluding tert-OH is 1. The Labute approximate surface area is 218 Å². The van der Waals surface area contributed by atoms with Gasteiger partial charge in [-0.3, -0.25) is 4.79 Å². The van der Waals surface area contributed by atoms with E-state index in [1.807, 2.05) is 37.3 Å². The van der Waals surface area contributed by atoms with Gasteiger partial charge in [0.05, 0.1) is 10.6 Å². The number of aliphatic hydroxyl groups is 1. The molecule has 0 spiro atoms. The second-order valence-electron chi connectivity index (χ2n) is 9.54. The predicted octanol–water partition coefficient (Wildman–Crippen LogP) is 2.33. The Morgan fingerprint density at radius 3 is 2.62 bits per heavy atom. The summed E-state index contributed by atoms with van der Waals surface area (Å²) in [6.07, 6.45) is 3.39. The van der Waals surface area contributed by atoms with E-state index in [9.17, 15) is 18.3 Å². The average molecular weight is 526 g/mol. The maximum absolute atomic E-state index is 13.2. The standard InChI is InChI=1S/C27H35N5O4S/c1-2-9-31(10-4-11-33)27(34)23-12-22-8-7-21(14-25(22)30-26(29)15-23)20-5-3-6-24(13-20)37(35,36)32-17-19(16-28)18-32/h3,5-8,12-14,19,33H,2,4,9-11,15-18,28H2,1H3,(H2,29,30). The summed E-state index contributed by atoms with van der Waals surface area (Å²) >= 11 is 0.